The molecule has 0 amide bonds. The zero-order valence-electron chi connectivity index (χ0n) is 18.0. The number of carbonyl (C=O) groups excluding carboxylic acids is 1. The molecular weight excluding hydrogens is 431 g/mol. The van der Waals surface area contributed by atoms with Crippen LogP contribution in [0.4, 0.5) is 4.39 Å². The summed E-state index contributed by atoms with van der Waals surface area (Å²) in [5, 5.41) is 0. The number of alkyl halides is 1. The maximum Gasteiger partial charge on any atom is 0.150 e. The van der Waals surface area contributed by atoms with E-state index >= 15 is 0 Å². The Morgan fingerprint density at radius 2 is 1.41 bits per heavy atom. The first-order valence-corrected chi connectivity index (χ1v) is 11.0. The predicted octanol–water partition coefficient (Wildman–Crippen LogP) is 5.73. The molecule has 0 bridgehead atoms. The van der Waals surface area contributed by atoms with Gasteiger partial charge in [0.2, 0.25) is 0 Å². The number of halogens is 2. The Labute approximate surface area is 184 Å². The van der Waals surface area contributed by atoms with E-state index < -0.39 is 7.15 Å². The summed E-state index contributed by atoms with van der Waals surface area (Å²) in [6, 6.07) is 16.5. The van der Waals surface area contributed by atoms with E-state index in [1.807, 2.05) is 18.2 Å². The fourth-order valence-electron chi connectivity index (χ4n) is 3.80. The molecule has 158 valence electrons. The average Bonchev–Trinajstić information content (AvgIpc) is 3.44. The van der Waals surface area contributed by atoms with E-state index in [1.54, 1.807) is 0 Å². The average molecular weight is 464 g/mol. The van der Waals surface area contributed by atoms with Gasteiger partial charge in [-0.1, -0.05) is 46.3 Å². The molecule has 2 saturated heterocycles. The molecule has 2 heterocycles. The van der Waals surface area contributed by atoms with Gasteiger partial charge in [0, 0.05) is 23.1 Å². The number of likely N-dealkylation sites (tertiary alicyclic amines) is 2. The standard InChI is InChI=1S/C12H15NO.C11H14BrN.CH3F/c14-10-12-5-3-4-11(8-12)9-13-6-1-2-7-13;12-11-5-3-4-10(8-11)9-13-6-1-2-7-13;1-2/h3-5,8,10H,1-2,6-7,9H2;3-5,8H,1-2,6-7,9H2;1H3/i;;1D. The summed E-state index contributed by atoms with van der Waals surface area (Å²) in [5.41, 5.74) is 3.44. The molecule has 0 N–H and O–H groups in total. The van der Waals surface area contributed by atoms with Gasteiger partial charge in [0.15, 0.2) is 0 Å². The second-order valence-corrected chi connectivity index (χ2v) is 8.37. The van der Waals surface area contributed by atoms with Crippen LogP contribution in [-0.2, 0) is 13.1 Å². The van der Waals surface area contributed by atoms with Crippen LogP contribution in [0.1, 0.15) is 48.5 Å². The zero-order valence-corrected chi connectivity index (χ0v) is 18.6. The molecule has 0 spiro atoms. The van der Waals surface area contributed by atoms with Gasteiger partial charge >= 0.3 is 0 Å². The van der Waals surface area contributed by atoms with Gasteiger partial charge < -0.3 is 0 Å². The Kier molecular flexibility index (Phi) is 10.4. The van der Waals surface area contributed by atoms with Gasteiger partial charge in [-0.15, -0.1) is 0 Å². The van der Waals surface area contributed by atoms with Crippen LogP contribution >= 0.6 is 15.9 Å². The van der Waals surface area contributed by atoms with E-state index in [2.05, 4.69) is 56.1 Å². The Bertz CT molecular complexity index is 749. The van der Waals surface area contributed by atoms with Gasteiger partial charge in [-0.3, -0.25) is 19.0 Å². The molecule has 3 nitrogen and oxygen atoms in total. The van der Waals surface area contributed by atoms with E-state index in [0.717, 1.165) is 24.9 Å². The normalized spacial score (nSPS) is 17.0. The molecule has 0 radical (unpaired) electrons. The SMILES string of the molecule is Brc1cccc(CN2CCCC2)c1.O=Cc1cccc(CN2CCCC2)c1.[2H]CF. The molecule has 2 aromatic carbocycles. The lowest BCUT2D eigenvalue weighted by atomic mass is 10.1. The summed E-state index contributed by atoms with van der Waals surface area (Å²) < 4.78 is 16.7. The Balaban J connectivity index is 0.000000190. The number of benzene rings is 2. The molecule has 4 rings (SSSR count). The smallest absolute Gasteiger partial charge is 0.150 e. The topological polar surface area (TPSA) is 23.6 Å². The van der Waals surface area contributed by atoms with Crippen LogP contribution in [0.3, 0.4) is 0 Å². The molecule has 2 aliphatic heterocycles. The lowest BCUT2D eigenvalue weighted by molar-refractivity contribution is 0.112. The lowest BCUT2D eigenvalue weighted by Crippen LogP contribution is -2.18. The van der Waals surface area contributed by atoms with E-state index in [9.17, 15) is 9.18 Å². The molecule has 2 fully saturated rings. The Morgan fingerprint density at radius 3 is 1.90 bits per heavy atom. The van der Waals surface area contributed by atoms with Crippen molar-refractivity contribution in [3.05, 3.63) is 69.7 Å². The van der Waals surface area contributed by atoms with Gasteiger partial charge in [0.25, 0.3) is 0 Å². The number of hydrogen-bond acceptors (Lipinski definition) is 3. The van der Waals surface area contributed by atoms with Crippen LogP contribution in [0, 0.1) is 0 Å². The lowest BCUT2D eigenvalue weighted by Gasteiger charge is -2.14. The van der Waals surface area contributed by atoms with Crippen LogP contribution in [0.15, 0.2) is 53.0 Å². The minimum absolute atomic E-state index is 0.779. The number of rotatable bonds is 5. The van der Waals surface area contributed by atoms with E-state index in [0.29, 0.717) is 0 Å². The summed E-state index contributed by atoms with van der Waals surface area (Å²) in [6.45, 7) is 7.04. The van der Waals surface area contributed by atoms with E-state index in [-0.39, 0.29) is 0 Å². The van der Waals surface area contributed by atoms with Crippen LogP contribution in [-0.4, -0.2) is 49.4 Å². The highest BCUT2D eigenvalue weighted by Crippen LogP contribution is 2.16. The Morgan fingerprint density at radius 1 is 0.931 bits per heavy atom. The molecule has 0 atom stereocenters. The van der Waals surface area contributed by atoms with Crippen molar-refractivity contribution in [2.45, 2.75) is 38.8 Å². The van der Waals surface area contributed by atoms with Crippen LogP contribution in [0.5, 0.6) is 0 Å². The van der Waals surface area contributed by atoms with Crippen molar-refractivity contribution in [1.29, 1.82) is 0 Å². The zero-order chi connectivity index (χ0) is 21.6. The third kappa shape index (κ3) is 8.77. The van der Waals surface area contributed by atoms with Crippen molar-refractivity contribution in [2.75, 3.05) is 33.3 Å². The molecule has 29 heavy (non-hydrogen) atoms. The molecule has 2 aliphatic rings. The highest BCUT2D eigenvalue weighted by atomic mass is 79.9. The third-order valence-electron chi connectivity index (χ3n) is 5.19. The number of hydrogen-bond donors (Lipinski definition) is 0. The minimum Gasteiger partial charge on any atom is -0.299 e. The molecule has 5 heteroatoms. The molecule has 0 unspecified atom stereocenters. The summed E-state index contributed by atoms with van der Waals surface area (Å²) >= 11 is 3.49. The molecule has 0 aromatic heterocycles. The largest absolute Gasteiger partial charge is 0.299 e. The number of nitrogens with zero attached hydrogens (tertiary/aromatic N) is 2. The van der Waals surface area contributed by atoms with Gasteiger partial charge in [-0.2, -0.15) is 0 Å². The molecule has 0 aliphatic carbocycles. The predicted molar refractivity (Wildman–Crippen MR) is 122 cm³/mol. The maximum absolute atomic E-state index is 10.6. The summed E-state index contributed by atoms with van der Waals surface area (Å²) in [5.74, 6) is 0. The fourth-order valence-corrected chi connectivity index (χ4v) is 4.24. The van der Waals surface area contributed by atoms with Crippen molar-refractivity contribution in [3.8, 4) is 0 Å². The van der Waals surface area contributed by atoms with Crippen LogP contribution in [0.2, 0.25) is 0 Å². The summed E-state index contributed by atoms with van der Waals surface area (Å²) in [7, 11) is -1.00. The quantitative estimate of drug-likeness (QED) is 0.529. The van der Waals surface area contributed by atoms with Crippen molar-refractivity contribution in [1.82, 2.24) is 9.80 Å². The fraction of sp³-hybridized carbons (Fsp3) is 0.458. The van der Waals surface area contributed by atoms with E-state index in [1.165, 1.54) is 67.5 Å². The monoisotopic (exact) mass is 463 g/mol. The highest BCUT2D eigenvalue weighted by molar-refractivity contribution is 9.10. The van der Waals surface area contributed by atoms with Crippen molar-refractivity contribution < 1.29 is 10.6 Å². The summed E-state index contributed by atoms with van der Waals surface area (Å²) in [6.07, 6.45) is 6.27. The third-order valence-corrected chi connectivity index (χ3v) is 5.68. The van der Waals surface area contributed by atoms with E-state index in [4.69, 9.17) is 1.37 Å². The Hall–Kier alpha value is -1.56. The first-order chi connectivity index (χ1) is 14.6. The van der Waals surface area contributed by atoms with Crippen molar-refractivity contribution in [2.24, 2.45) is 0 Å². The molecular formula is C24H32BrFN2O. The maximum atomic E-state index is 10.6. The summed E-state index contributed by atoms with van der Waals surface area (Å²) in [4.78, 5) is 15.5. The van der Waals surface area contributed by atoms with Gasteiger partial charge in [-0.25, -0.2) is 0 Å². The van der Waals surface area contributed by atoms with Crippen molar-refractivity contribution in [3.63, 3.8) is 0 Å². The molecule has 0 saturated carbocycles. The van der Waals surface area contributed by atoms with Crippen LogP contribution in [0.25, 0.3) is 0 Å². The molecule has 2 aromatic rings. The highest BCUT2D eigenvalue weighted by Gasteiger charge is 2.12. The first-order valence-electron chi connectivity index (χ1n) is 10.9. The second kappa shape index (κ2) is 13.6. The van der Waals surface area contributed by atoms with Gasteiger partial charge in [0.05, 0.1) is 8.52 Å². The van der Waals surface area contributed by atoms with Crippen LogP contribution < -0.4 is 0 Å². The second-order valence-electron chi connectivity index (χ2n) is 7.46. The van der Waals surface area contributed by atoms with Gasteiger partial charge in [-0.05, 0) is 81.2 Å². The minimum atomic E-state index is -1.00. The number of carbonyl (C=O) groups is 1. The van der Waals surface area contributed by atoms with Crippen molar-refractivity contribution >= 4 is 22.2 Å². The first kappa shape index (κ1) is 22.1. The van der Waals surface area contributed by atoms with Gasteiger partial charge in [0.1, 0.15) is 6.29 Å². The number of aldehydes is 1.